The number of hydrogen-bond donors (Lipinski definition) is 2. The maximum atomic E-state index is 11.7. The summed E-state index contributed by atoms with van der Waals surface area (Å²) >= 11 is 0. The first-order valence-electron chi connectivity index (χ1n) is 8.58. The first-order valence-corrected chi connectivity index (χ1v) is 8.58. The summed E-state index contributed by atoms with van der Waals surface area (Å²) in [6.45, 7) is 1.72. The van der Waals surface area contributed by atoms with Crippen molar-refractivity contribution in [3.05, 3.63) is 71.7 Å². The quantitative estimate of drug-likeness (QED) is 0.529. The van der Waals surface area contributed by atoms with Gasteiger partial charge in [-0.05, 0) is 42.3 Å². The minimum Gasteiger partial charge on any atom is -0.478 e. The van der Waals surface area contributed by atoms with Crippen molar-refractivity contribution >= 4 is 22.8 Å². The molecule has 0 spiro atoms. The Bertz CT molecular complexity index is 1220. The number of H-pyrrole nitrogens is 1. The molecule has 2 N–H and O–H groups in total. The highest BCUT2D eigenvalue weighted by Gasteiger charge is 2.14. The van der Waals surface area contributed by atoms with Crippen LogP contribution >= 0.6 is 0 Å². The van der Waals surface area contributed by atoms with Crippen molar-refractivity contribution in [2.24, 2.45) is 0 Å². The molecule has 0 aliphatic rings. The molecule has 0 saturated carbocycles. The smallest absolute Gasteiger partial charge is 0.354 e. The summed E-state index contributed by atoms with van der Waals surface area (Å²) in [6, 6.07) is 15.3. The van der Waals surface area contributed by atoms with Crippen LogP contribution in [-0.4, -0.2) is 38.9 Å². The lowest BCUT2D eigenvalue weighted by molar-refractivity contribution is 0.0594. The Labute approximate surface area is 160 Å². The van der Waals surface area contributed by atoms with Crippen LogP contribution in [0.3, 0.4) is 0 Å². The fraction of sp³-hybridized carbons (Fsp3) is 0.0952. The Morgan fingerprint density at radius 1 is 1.11 bits per heavy atom. The average Bonchev–Trinajstić information content (AvgIpc) is 3.30. The monoisotopic (exact) mass is 375 g/mol. The topological polar surface area (TPSA) is 97.2 Å². The molecule has 0 amide bonds. The molecule has 0 saturated heterocycles. The number of carbonyl (C=O) groups excluding carboxylic acids is 1. The van der Waals surface area contributed by atoms with E-state index in [4.69, 9.17) is 4.74 Å². The van der Waals surface area contributed by atoms with E-state index in [2.05, 4.69) is 10.1 Å². The van der Waals surface area contributed by atoms with Crippen LogP contribution in [0.5, 0.6) is 0 Å². The van der Waals surface area contributed by atoms with Crippen LogP contribution in [0, 0.1) is 6.92 Å². The van der Waals surface area contributed by atoms with Gasteiger partial charge in [-0.3, -0.25) is 0 Å². The van der Waals surface area contributed by atoms with Crippen molar-refractivity contribution in [3.63, 3.8) is 0 Å². The molecule has 7 nitrogen and oxygen atoms in total. The van der Waals surface area contributed by atoms with Crippen LogP contribution in [0.15, 0.2) is 54.7 Å². The second kappa shape index (κ2) is 6.70. The number of aromatic amines is 1. The number of ether oxygens (including phenoxy) is 1. The maximum absolute atomic E-state index is 11.7. The number of nitrogens with zero attached hydrogens (tertiary/aromatic N) is 2. The van der Waals surface area contributed by atoms with Crippen LogP contribution in [0.4, 0.5) is 0 Å². The van der Waals surface area contributed by atoms with Gasteiger partial charge in [0.15, 0.2) is 0 Å². The van der Waals surface area contributed by atoms with Crippen LogP contribution in [0.1, 0.15) is 26.5 Å². The molecule has 4 rings (SSSR count). The first-order chi connectivity index (χ1) is 13.5. The molecule has 0 aliphatic carbocycles. The SMILES string of the molecule is COC(=O)c1cc2ccc(-c3cccc(-n4ncc(C(=O)O)c4C)c3)cc2[nH]1. The predicted molar refractivity (Wildman–Crippen MR) is 104 cm³/mol. The fourth-order valence-corrected chi connectivity index (χ4v) is 3.22. The van der Waals surface area contributed by atoms with Gasteiger partial charge in [-0.25, -0.2) is 14.3 Å². The van der Waals surface area contributed by atoms with E-state index >= 15 is 0 Å². The van der Waals surface area contributed by atoms with E-state index in [1.54, 1.807) is 17.7 Å². The van der Waals surface area contributed by atoms with E-state index in [-0.39, 0.29) is 5.56 Å². The molecule has 140 valence electrons. The van der Waals surface area contributed by atoms with Crippen molar-refractivity contribution in [3.8, 4) is 16.8 Å². The van der Waals surface area contributed by atoms with Gasteiger partial charge in [-0.15, -0.1) is 0 Å². The molecule has 0 atom stereocenters. The molecule has 0 bridgehead atoms. The highest BCUT2D eigenvalue weighted by molar-refractivity contribution is 5.96. The number of carbonyl (C=O) groups is 2. The first kappa shape index (κ1) is 17.5. The number of hydrogen-bond acceptors (Lipinski definition) is 4. The van der Waals surface area contributed by atoms with Gasteiger partial charge in [-0.2, -0.15) is 5.10 Å². The second-order valence-electron chi connectivity index (χ2n) is 6.39. The fourth-order valence-electron chi connectivity index (χ4n) is 3.22. The van der Waals surface area contributed by atoms with Crippen LogP contribution in [0.25, 0.3) is 27.7 Å². The summed E-state index contributed by atoms with van der Waals surface area (Å²) in [6.07, 6.45) is 1.35. The molecular weight excluding hydrogens is 358 g/mol. The number of aromatic carboxylic acids is 1. The Morgan fingerprint density at radius 2 is 1.89 bits per heavy atom. The summed E-state index contributed by atoms with van der Waals surface area (Å²) in [7, 11) is 1.35. The van der Waals surface area contributed by atoms with Crippen molar-refractivity contribution in [1.29, 1.82) is 0 Å². The Morgan fingerprint density at radius 3 is 2.61 bits per heavy atom. The van der Waals surface area contributed by atoms with Crippen molar-refractivity contribution < 1.29 is 19.4 Å². The highest BCUT2D eigenvalue weighted by atomic mass is 16.5. The van der Waals surface area contributed by atoms with Gasteiger partial charge in [0.1, 0.15) is 11.3 Å². The molecule has 2 aromatic heterocycles. The maximum Gasteiger partial charge on any atom is 0.354 e. The van der Waals surface area contributed by atoms with E-state index in [1.807, 2.05) is 42.5 Å². The predicted octanol–water partition coefficient (Wildman–Crippen LogP) is 3.81. The normalized spacial score (nSPS) is 10.9. The standard InChI is InChI=1S/C21H17N3O4/c1-12-17(20(25)26)11-22-24(12)16-5-3-4-13(8-16)14-6-7-15-10-19(21(27)28-2)23-18(15)9-14/h3-11,23H,1-2H3,(H,25,26). The minimum absolute atomic E-state index is 0.175. The van der Waals surface area contributed by atoms with Gasteiger partial charge in [-0.1, -0.05) is 24.3 Å². The molecule has 4 aromatic rings. The third kappa shape index (κ3) is 2.92. The Hall–Kier alpha value is -3.87. The van der Waals surface area contributed by atoms with Gasteiger partial charge in [0.05, 0.1) is 24.7 Å². The van der Waals surface area contributed by atoms with Gasteiger partial charge < -0.3 is 14.8 Å². The molecule has 0 unspecified atom stereocenters. The Kier molecular flexibility index (Phi) is 4.19. The summed E-state index contributed by atoms with van der Waals surface area (Å²) in [5, 5.41) is 14.3. The lowest BCUT2D eigenvalue weighted by Gasteiger charge is -2.08. The number of nitrogens with one attached hydrogen (secondary N) is 1. The molecule has 2 aromatic carbocycles. The summed E-state index contributed by atoms with van der Waals surface area (Å²) in [4.78, 5) is 26.0. The zero-order valence-corrected chi connectivity index (χ0v) is 15.3. The largest absolute Gasteiger partial charge is 0.478 e. The van der Waals surface area contributed by atoms with Crippen LogP contribution in [0.2, 0.25) is 0 Å². The van der Waals surface area contributed by atoms with Gasteiger partial charge in [0, 0.05) is 10.9 Å². The molecule has 0 fully saturated rings. The summed E-state index contributed by atoms with van der Waals surface area (Å²) in [5.41, 5.74) is 4.63. The zero-order valence-electron chi connectivity index (χ0n) is 15.3. The second-order valence-corrected chi connectivity index (χ2v) is 6.39. The lowest BCUT2D eigenvalue weighted by Crippen LogP contribution is -2.02. The van der Waals surface area contributed by atoms with E-state index in [0.29, 0.717) is 11.4 Å². The summed E-state index contributed by atoms with van der Waals surface area (Å²) < 4.78 is 6.36. The van der Waals surface area contributed by atoms with E-state index in [9.17, 15) is 14.7 Å². The van der Waals surface area contributed by atoms with Crippen LogP contribution < -0.4 is 0 Å². The Balaban J connectivity index is 1.75. The van der Waals surface area contributed by atoms with Crippen molar-refractivity contribution in [1.82, 2.24) is 14.8 Å². The third-order valence-corrected chi connectivity index (χ3v) is 4.69. The minimum atomic E-state index is -1.00. The van der Waals surface area contributed by atoms with Gasteiger partial charge in [0.25, 0.3) is 0 Å². The number of carboxylic acids is 1. The van der Waals surface area contributed by atoms with E-state index < -0.39 is 11.9 Å². The van der Waals surface area contributed by atoms with E-state index in [0.717, 1.165) is 27.7 Å². The van der Waals surface area contributed by atoms with Crippen molar-refractivity contribution in [2.75, 3.05) is 7.11 Å². The molecule has 2 heterocycles. The number of aromatic nitrogens is 3. The lowest BCUT2D eigenvalue weighted by atomic mass is 10.0. The van der Waals surface area contributed by atoms with Crippen LogP contribution in [-0.2, 0) is 4.74 Å². The van der Waals surface area contributed by atoms with E-state index in [1.165, 1.54) is 13.3 Å². The number of fused-ring (bicyclic) bond motifs is 1. The van der Waals surface area contributed by atoms with Gasteiger partial charge >= 0.3 is 11.9 Å². The number of carboxylic acid groups (broad SMARTS) is 1. The van der Waals surface area contributed by atoms with Gasteiger partial charge in [0.2, 0.25) is 0 Å². The molecule has 7 heteroatoms. The molecule has 0 aliphatic heterocycles. The third-order valence-electron chi connectivity index (χ3n) is 4.69. The number of esters is 1. The number of rotatable bonds is 4. The number of benzene rings is 2. The average molecular weight is 375 g/mol. The highest BCUT2D eigenvalue weighted by Crippen LogP contribution is 2.27. The summed E-state index contributed by atoms with van der Waals surface area (Å²) in [5.74, 6) is -1.42. The van der Waals surface area contributed by atoms with Crippen molar-refractivity contribution in [2.45, 2.75) is 6.92 Å². The zero-order chi connectivity index (χ0) is 19.8. The molecular formula is C21H17N3O4. The molecule has 28 heavy (non-hydrogen) atoms. The number of methoxy groups -OCH3 is 1. The molecule has 0 radical (unpaired) electrons.